The minimum atomic E-state index is -1.71. The summed E-state index contributed by atoms with van der Waals surface area (Å²) in [6.07, 6.45) is 15.8. The van der Waals surface area contributed by atoms with E-state index in [9.17, 15) is 15.0 Å². The van der Waals surface area contributed by atoms with Gasteiger partial charge >= 0.3 is 5.97 Å². The lowest BCUT2D eigenvalue weighted by atomic mass is 10.1. The molecule has 4 rings (SSSR count). The number of rotatable bonds is 19. The molecule has 0 spiro atoms. The molecule has 0 fully saturated rings. The zero-order chi connectivity index (χ0) is 31.7. The first-order valence-corrected chi connectivity index (χ1v) is 18.7. The Balaban J connectivity index is 0.00000576. The molecule has 4 nitrogen and oxygen atoms in total. The second-order valence-corrected chi connectivity index (χ2v) is 15.7. The fourth-order valence-electron chi connectivity index (χ4n) is 6.35. The number of carbonyl (C=O) groups is 1. The number of aromatic hydroxyl groups is 2. The minimum absolute atomic E-state index is 0. The zero-order valence-electron chi connectivity index (χ0n) is 27.3. The number of phenols is 2. The number of aryl methyl sites for hydroxylation is 1. The zero-order valence-corrected chi connectivity index (χ0v) is 29.7. The highest BCUT2D eigenvalue weighted by atomic mass is 79.9. The number of phenolic OH excluding ortho intramolecular Hbond substituents is 2. The van der Waals surface area contributed by atoms with Crippen LogP contribution >= 0.6 is 7.26 Å². The predicted molar refractivity (Wildman–Crippen MR) is 190 cm³/mol. The lowest BCUT2D eigenvalue weighted by Crippen LogP contribution is -3.00. The normalized spacial score (nSPS) is 11.2. The van der Waals surface area contributed by atoms with Crippen LogP contribution in [0.5, 0.6) is 11.5 Å². The van der Waals surface area contributed by atoms with Crippen molar-refractivity contribution < 1.29 is 36.7 Å². The Labute approximate surface area is 287 Å². The number of esters is 1. The average molecular weight is 706 g/mol. The van der Waals surface area contributed by atoms with E-state index < -0.39 is 13.2 Å². The van der Waals surface area contributed by atoms with Gasteiger partial charge < -0.3 is 31.9 Å². The third-order valence-corrected chi connectivity index (χ3v) is 13.2. The van der Waals surface area contributed by atoms with Gasteiger partial charge in [-0.15, -0.1) is 0 Å². The van der Waals surface area contributed by atoms with Gasteiger partial charge in [-0.1, -0.05) is 112 Å². The van der Waals surface area contributed by atoms with Crippen LogP contribution in [0.25, 0.3) is 0 Å². The van der Waals surface area contributed by atoms with Crippen LogP contribution in [-0.2, 0) is 4.74 Å². The van der Waals surface area contributed by atoms with Crippen LogP contribution in [-0.4, -0.2) is 29.0 Å². The minimum Gasteiger partial charge on any atom is -1.00 e. The van der Waals surface area contributed by atoms with Crippen LogP contribution in [0.3, 0.4) is 0 Å². The van der Waals surface area contributed by atoms with Crippen LogP contribution < -0.4 is 32.9 Å². The van der Waals surface area contributed by atoms with Crippen LogP contribution in [0.1, 0.15) is 93.0 Å². The van der Waals surface area contributed by atoms with Crippen molar-refractivity contribution in [1.29, 1.82) is 0 Å². The van der Waals surface area contributed by atoms with Crippen LogP contribution in [0.4, 0.5) is 0 Å². The Kier molecular flexibility index (Phi) is 16.4. The average Bonchev–Trinajstić information content (AvgIpc) is 3.05. The fraction of sp³-hybridized carbons (Fsp3) is 0.375. The largest absolute Gasteiger partial charge is 1.00 e. The van der Waals surface area contributed by atoms with Crippen molar-refractivity contribution in [2.45, 2.75) is 84.0 Å². The standard InChI is InChI=1S/C40H49O4P.BrH/c1-33-31-34(41)32-38(42)39(33)40(43)44-29-21-10-8-6-4-2-3-5-7-9-11-22-30-45(35-23-15-12-16-24-35,36-25-17-13-18-26-36)37-27-19-14-20-28-37;/h12-20,23-28,31-32H,2-11,21-22,29-30H2,1H3,(H-,41,42,43);1H. The molecule has 46 heavy (non-hydrogen) atoms. The first kappa shape index (κ1) is 37.3. The van der Waals surface area contributed by atoms with E-state index in [0.717, 1.165) is 19.3 Å². The molecule has 0 aliphatic rings. The Hall–Kier alpha value is -3.14. The van der Waals surface area contributed by atoms with Gasteiger partial charge in [-0.3, -0.25) is 0 Å². The van der Waals surface area contributed by atoms with E-state index in [2.05, 4.69) is 91.0 Å². The summed E-state index contributed by atoms with van der Waals surface area (Å²) < 4.78 is 5.34. The summed E-state index contributed by atoms with van der Waals surface area (Å²) in [7, 11) is -1.71. The smallest absolute Gasteiger partial charge is 0.342 e. The molecule has 2 N–H and O–H groups in total. The summed E-state index contributed by atoms with van der Waals surface area (Å²) in [5.74, 6) is -0.837. The van der Waals surface area contributed by atoms with E-state index in [0.29, 0.717) is 12.2 Å². The van der Waals surface area contributed by atoms with Crippen molar-refractivity contribution in [2.75, 3.05) is 12.8 Å². The van der Waals surface area contributed by atoms with Gasteiger partial charge in [0.1, 0.15) is 40.2 Å². The lowest BCUT2D eigenvalue weighted by molar-refractivity contribution is -0.0000309. The van der Waals surface area contributed by atoms with E-state index in [1.165, 1.54) is 92.0 Å². The number of hydrogen-bond acceptors (Lipinski definition) is 4. The highest BCUT2D eigenvalue weighted by molar-refractivity contribution is 7.95. The summed E-state index contributed by atoms with van der Waals surface area (Å²) >= 11 is 0. The van der Waals surface area contributed by atoms with E-state index in [1.54, 1.807) is 6.92 Å². The fourth-order valence-corrected chi connectivity index (χ4v) is 10.8. The molecule has 0 saturated heterocycles. The predicted octanol–water partition coefficient (Wildman–Crippen LogP) is 6.24. The van der Waals surface area contributed by atoms with Crippen LogP contribution in [0.2, 0.25) is 0 Å². The van der Waals surface area contributed by atoms with Crippen molar-refractivity contribution in [1.82, 2.24) is 0 Å². The first-order chi connectivity index (χ1) is 22.0. The Morgan fingerprint density at radius 2 is 0.978 bits per heavy atom. The Bertz CT molecular complexity index is 1310. The summed E-state index contributed by atoms with van der Waals surface area (Å²) in [5.41, 5.74) is 0.643. The van der Waals surface area contributed by atoms with Crippen LogP contribution in [0.15, 0.2) is 103 Å². The molecule has 0 atom stereocenters. The van der Waals surface area contributed by atoms with Gasteiger partial charge in [0.15, 0.2) is 0 Å². The van der Waals surface area contributed by atoms with E-state index in [4.69, 9.17) is 4.74 Å². The van der Waals surface area contributed by atoms with E-state index >= 15 is 0 Å². The molecular weight excluding hydrogens is 655 g/mol. The molecule has 0 heterocycles. The number of unbranched alkanes of at least 4 members (excludes halogenated alkanes) is 11. The quantitative estimate of drug-likeness (QED) is 0.0689. The summed E-state index contributed by atoms with van der Waals surface area (Å²) in [4.78, 5) is 12.3. The summed E-state index contributed by atoms with van der Waals surface area (Å²) in [6.45, 7) is 2.02. The topological polar surface area (TPSA) is 66.8 Å². The molecule has 6 heteroatoms. The van der Waals surface area contributed by atoms with Gasteiger partial charge in [0.25, 0.3) is 0 Å². The lowest BCUT2D eigenvalue weighted by Gasteiger charge is -2.27. The van der Waals surface area contributed by atoms with Crippen molar-refractivity contribution >= 4 is 29.1 Å². The number of benzene rings is 4. The Morgan fingerprint density at radius 3 is 1.39 bits per heavy atom. The molecule has 4 aromatic rings. The highest BCUT2D eigenvalue weighted by Crippen LogP contribution is 2.56. The van der Waals surface area contributed by atoms with E-state index in [-0.39, 0.29) is 34.0 Å². The van der Waals surface area contributed by atoms with Crippen molar-refractivity contribution in [3.05, 3.63) is 114 Å². The summed E-state index contributed by atoms with van der Waals surface area (Å²) in [5, 5.41) is 23.9. The molecule has 4 aromatic carbocycles. The molecule has 0 bridgehead atoms. The second-order valence-electron chi connectivity index (χ2n) is 12.1. The van der Waals surface area contributed by atoms with Gasteiger partial charge in [0, 0.05) is 6.07 Å². The first-order valence-electron chi connectivity index (χ1n) is 16.8. The third-order valence-electron chi connectivity index (χ3n) is 8.72. The van der Waals surface area contributed by atoms with Gasteiger partial charge in [0.05, 0.1) is 12.8 Å². The molecular formula is C40H50BrO4P. The number of halogens is 1. The molecule has 0 saturated carbocycles. The Morgan fingerprint density at radius 1 is 0.587 bits per heavy atom. The second kappa shape index (κ2) is 20.2. The number of ether oxygens (including phenoxy) is 1. The third kappa shape index (κ3) is 10.7. The molecule has 246 valence electrons. The maximum absolute atomic E-state index is 12.3. The van der Waals surface area contributed by atoms with Gasteiger partial charge in [-0.05, 0) is 74.2 Å². The molecule has 0 amide bonds. The monoisotopic (exact) mass is 704 g/mol. The molecule has 0 radical (unpaired) electrons. The highest BCUT2D eigenvalue weighted by Gasteiger charge is 2.44. The maximum atomic E-state index is 12.3. The van der Waals surface area contributed by atoms with Crippen LogP contribution in [0, 0.1) is 6.92 Å². The molecule has 0 unspecified atom stereocenters. The summed E-state index contributed by atoms with van der Waals surface area (Å²) in [6, 6.07) is 36.2. The SMILES string of the molecule is Cc1cc(O)cc(O)c1C(=O)OCCCCCCCCCCCCCC[P+](c1ccccc1)(c1ccccc1)c1ccccc1.[Br-]. The van der Waals surface area contributed by atoms with Gasteiger partial charge in [0.2, 0.25) is 0 Å². The molecule has 0 aliphatic carbocycles. The van der Waals surface area contributed by atoms with Gasteiger partial charge in [-0.25, -0.2) is 4.79 Å². The van der Waals surface area contributed by atoms with Crippen molar-refractivity contribution in [2.24, 2.45) is 0 Å². The molecule has 0 aliphatic heterocycles. The van der Waals surface area contributed by atoms with E-state index in [1.807, 2.05) is 0 Å². The molecule has 0 aromatic heterocycles. The van der Waals surface area contributed by atoms with Crippen molar-refractivity contribution in [3.63, 3.8) is 0 Å². The number of carbonyl (C=O) groups excluding carboxylic acids is 1. The van der Waals surface area contributed by atoms with Crippen molar-refractivity contribution in [3.8, 4) is 11.5 Å². The maximum Gasteiger partial charge on any atom is 0.342 e. The van der Waals surface area contributed by atoms with Gasteiger partial charge in [-0.2, -0.15) is 0 Å². The number of hydrogen-bond donors (Lipinski definition) is 2.